The number of aromatic nitrogens is 1. The van der Waals surface area contributed by atoms with Crippen LogP contribution in [-0.2, 0) is 17.0 Å². The van der Waals surface area contributed by atoms with Crippen LogP contribution in [-0.4, -0.2) is 23.2 Å². The van der Waals surface area contributed by atoms with Gasteiger partial charge in [0.1, 0.15) is 5.01 Å². The zero-order chi connectivity index (χ0) is 16.4. The Hall–Kier alpha value is -1.85. The predicted molar refractivity (Wildman–Crippen MR) is 103 cm³/mol. The minimum absolute atomic E-state index is 0.202. The first kappa shape index (κ1) is 15.7. The fourth-order valence-corrected chi connectivity index (χ4v) is 5.00. The van der Waals surface area contributed by atoms with Gasteiger partial charge in [0, 0.05) is 18.0 Å². The van der Waals surface area contributed by atoms with E-state index in [4.69, 9.17) is 0 Å². The monoisotopic (exact) mass is 354 g/mol. The van der Waals surface area contributed by atoms with E-state index in [-0.39, 0.29) is 5.91 Å². The number of para-hydroxylation sites is 2. The van der Waals surface area contributed by atoms with Gasteiger partial charge in [0.2, 0.25) is 5.91 Å². The Morgan fingerprint density at radius 1 is 1.17 bits per heavy atom. The molecule has 0 saturated carbocycles. The fourth-order valence-electron chi connectivity index (χ4n) is 3.08. The lowest BCUT2D eigenvalue weighted by Gasteiger charge is -2.29. The fraction of sp³-hybridized carbons (Fsp3) is 0.263. The first-order valence-electron chi connectivity index (χ1n) is 8.12. The Labute approximate surface area is 149 Å². The standard InChI is InChI=1S/C19H18N2OS2/c22-19(21-11-5-7-14-6-1-3-9-16(14)21)13-23-12-18-20-15-8-2-4-10-17(15)24-18/h1-4,6,8-10H,5,7,11-13H2. The first-order chi connectivity index (χ1) is 11.8. The third-order valence-electron chi connectivity index (χ3n) is 4.20. The molecule has 3 nitrogen and oxygen atoms in total. The van der Waals surface area contributed by atoms with E-state index in [1.807, 2.05) is 29.2 Å². The maximum Gasteiger partial charge on any atom is 0.236 e. The molecule has 1 aliphatic heterocycles. The predicted octanol–water partition coefficient (Wildman–Crippen LogP) is 4.51. The zero-order valence-electron chi connectivity index (χ0n) is 13.3. The van der Waals surface area contributed by atoms with Gasteiger partial charge in [-0.1, -0.05) is 30.3 Å². The highest BCUT2D eigenvalue weighted by Crippen LogP contribution is 2.28. The van der Waals surface area contributed by atoms with Crippen molar-refractivity contribution in [1.82, 2.24) is 4.98 Å². The first-order valence-corrected chi connectivity index (χ1v) is 10.1. The minimum atomic E-state index is 0.202. The molecule has 2 heterocycles. The summed E-state index contributed by atoms with van der Waals surface area (Å²) in [6.07, 6.45) is 2.12. The number of aryl methyl sites for hydroxylation is 1. The Kier molecular flexibility index (Phi) is 4.54. The molecule has 1 amide bonds. The lowest BCUT2D eigenvalue weighted by molar-refractivity contribution is -0.116. The van der Waals surface area contributed by atoms with Gasteiger partial charge in [0.25, 0.3) is 0 Å². The van der Waals surface area contributed by atoms with E-state index < -0.39 is 0 Å². The van der Waals surface area contributed by atoms with Gasteiger partial charge in [-0.25, -0.2) is 4.98 Å². The summed E-state index contributed by atoms with van der Waals surface area (Å²) in [6.45, 7) is 0.831. The number of thioether (sulfide) groups is 1. The van der Waals surface area contributed by atoms with E-state index in [0.717, 1.165) is 41.4 Å². The van der Waals surface area contributed by atoms with E-state index in [2.05, 4.69) is 29.2 Å². The van der Waals surface area contributed by atoms with Crippen LogP contribution in [0.2, 0.25) is 0 Å². The maximum absolute atomic E-state index is 12.6. The molecule has 2 aromatic carbocycles. The molecular weight excluding hydrogens is 336 g/mol. The molecule has 3 aromatic rings. The van der Waals surface area contributed by atoms with Crippen molar-refractivity contribution >= 4 is 44.9 Å². The van der Waals surface area contributed by atoms with Crippen molar-refractivity contribution in [3.05, 3.63) is 59.1 Å². The van der Waals surface area contributed by atoms with Gasteiger partial charge < -0.3 is 4.90 Å². The number of hydrogen-bond acceptors (Lipinski definition) is 4. The number of amides is 1. The second-order valence-corrected chi connectivity index (χ2v) is 7.95. The molecule has 0 bridgehead atoms. The number of hydrogen-bond donors (Lipinski definition) is 0. The largest absolute Gasteiger partial charge is 0.311 e. The Bertz CT molecular complexity index is 841. The van der Waals surface area contributed by atoms with E-state index in [9.17, 15) is 4.79 Å². The highest BCUT2D eigenvalue weighted by molar-refractivity contribution is 7.99. The van der Waals surface area contributed by atoms with Crippen LogP contribution in [0, 0.1) is 0 Å². The number of rotatable bonds is 4. The summed E-state index contributed by atoms with van der Waals surface area (Å²) < 4.78 is 1.21. The second kappa shape index (κ2) is 6.95. The lowest BCUT2D eigenvalue weighted by atomic mass is 10.0. The summed E-state index contributed by atoms with van der Waals surface area (Å²) in [7, 11) is 0. The van der Waals surface area contributed by atoms with E-state index in [0.29, 0.717) is 5.75 Å². The number of carbonyl (C=O) groups is 1. The molecule has 0 spiro atoms. The number of anilines is 1. The van der Waals surface area contributed by atoms with Crippen LogP contribution in [0.3, 0.4) is 0 Å². The summed E-state index contributed by atoms with van der Waals surface area (Å²) in [6, 6.07) is 16.4. The third-order valence-corrected chi connectivity index (χ3v) is 6.35. The van der Waals surface area contributed by atoms with Crippen LogP contribution < -0.4 is 4.90 Å². The van der Waals surface area contributed by atoms with Crippen LogP contribution in [0.1, 0.15) is 17.0 Å². The molecule has 0 saturated heterocycles. The van der Waals surface area contributed by atoms with Crippen molar-refractivity contribution in [2.75, 3.05) is 17.2 Å². The molecular formula is C19H18N2OS2. The summed E-state index contributed by atoms with van der Waals surface area (Å²) in [5, 5.41) is 1.09. The van der Waals surface area contributed by atoms with E-state index in [1.54, 1.807) is 23.1 Å². The molecule has 0 aliphatic carbocycles. The molecule has 0 radical (unpaired) electrons. The molecule has 0 fully saturated rings. The van der Waals surface area contributed by atoms with Crippen molar-refractivity contribution in [2.45, 2.75) is 18.6 Å². The van der Waals surface area contributed by atoms with Gasteiger partial charge in [0.15, 0.2) is 0 Å². The topological polar surface area (TPSA) is 33.2 Å². The highest BCUT2D eigenvalue weighted by Gasteiger charge is 2.21. The number of thiazole rings is 1. The smallest absolute Gasteiger partial charge is 0.236 e. The Balaban J connectivity index is 1.39. The van der Waals surface area contributed by atoms with Gasteiger partial charge in [-0.2, -0.15) is 0 Å². The van der Waals surface area contributed by atoms with Gasteiger partial charge >= 0.3 is 0 Å². The van der Waals surface area contributed by atoms with Crippen LogP contribution in [0.15, 0.2) is 48.5 Å². The van der Waals surface area contributed by atoms with Crippen molar-refractivity contribution in [2.24, 2.45) is 0 Å². The zero-order valence-corrected chi connectivity index (χ0v) is 14.9. The summed E-state index contributed by atoms with van der Waals surface area (Å²) in [5.41, 5.74) is 3.43. The van der Waals surface area contributed by atoms with Crippen molar-refractivity contribution < 1.29 is 4.79 Å². The quantitative estimate of drug-likeness (QED) is 0.691. The van der Waals surface area contributed by atoms with Crippen LogP contribution in [0.25, 0.3) is 10.2 Å². The molecule has 4 rings (SSSR count). The van der Waals surface area contributed by atoms with Gasteiger partial charge in [-0.15, -0.1) is 23.1 Å². The number of carbonyl (C=O) groups excluding carboxylic acids is 1. The Morgan fingerprint density at radius 2 is 2.00 bits per heavy atom. The molecule has 0 unspecified atom stereocenters. The summed E-state index contributed by atoms with van der Waals surface area (Å²) >= 11 is 3.37. The molecule has 122 valence electrons. The van der Waals surface area contributed by atoms with Crippen molar-refractivity contribution in [3.63, 3.8) is 0 Å². The molecule has 0 atom stereocenters. The minimum Gasteiger partial charge on any atom is -0.311 e. The van der Waals surface area contributed by atoms with Crippen LogP contribution in [0.4, 0.5) is 5.69 Å². The number of nitrogens with zero attached hydrogens (tertiary/aromatic N) is 2. The number of benzene rings is 2. The van der Waals surface area contributed by atoms with E-state index in [1.165, 1.54) is 10.3 Å². The van der Waals surface area contributed by atoms with Gasteiger partial charge in [-0.05, 0) is 36.6 Å². The second-order valence-electron chi connectivity index (χ2n) is 5.85. The van der Waals surface area contributed by atoms with Gasteiger partial charge in [-0.3, -0.25) is 4.79 Å². The van der Waals surface area contributed by atoms with Gasteiger partial charge in [0.05, 0.1) is 16.0 Å². The van der Waals surface area contributed by atoms with Crippen LogP contribution in [0.5, 0.6) is 0 Å². The van der Waals surface area contributed by atoms with E-state index >= 15 is 0 Å². The maximum atomic E-state index is 12.6. The average molecular weight is 355 g/mol. The average Bonchev–Trinajstić information content (AvgIpc) is 3.04. The molecule has 5 heteroatoms. The highest BCUT2D eigenvalue weighted by atomic mass is 32.2. The summed E-state index contributed by atoms with van der Waals surface area (Å²) in [4.78, 5) is 19.2. The molecule has 1 aliphatic rings. The molecule has 0 N–H and O–H groups in total. The van der Waals surface area contributed by atoms with Crippen LogP contribution >= 0.6 is 23.1 Å². The molecule has 1 aromatic heterocycles. The lowest BCUT2D eigenvalue weighted by Crippen LogP contribution is -2.36. The van der Waals surface area contributed by atoms with Crippen molar-refractivity contribution in [1.29, 1.82) is 0 Å². The SMILES string of the molecule is O=C(CSCc1nc2ccccc2s1)N1CCCc2ccccc21. The molecule has 24 heavy (non-hydrogen) atoms. The number of fused-ring (bicyclic) bond motifs is 2. The third kappa shape index (κ3) is 3.19. The van der Waals surface area contributed by atoms with Crippen molar-refractivity contribution in [3.8, 4) is 0 Å². The Morgan fingerprint density at radius 3 is 2.92 bits per heavy atom. The summed E-state index contributed by atoms with van der Waals surface area (Å²) in [5.74, 6) is 1.50. The normalized spacial score (nSPS) is 13.9.